The molecule has 1 aliphatic carbocycles. The van der Waals surface area contributed by atoms with Gasteiger partial charge in [-0.3, -0.25) is 0 Å². The maximum atomic E-state index is 11.7. The summed E-state index contributed by atoms with van der Waals surface area (Å²) in [4.78, 5) is 14.5. The van der Waals surface area contributed by atoms with Crippen LogP contribution >= 0.6 is 0 Å². The van der Waals surface area contributed by atoms with Crippen molar-refractivity contribution in [3.8, 4) is 0 Å². The van der Waals surface area contributed by atoms with Gasteiger partial charge in [0.25, 0.3) is 0 Å². The topological polar surface area (TPSA) is 41.6 Å². The molecule has 0 radical (unpaired) electrons. The monoisotopic (exact) mass is 400 g/mol. The Kier molecular flexibility index (Phi) is 6.80. The van der Waals surface area contributed by atoms with E-state index in [4.69, 9.17) is 4.74 Å². The number of benzene rings is 1. The van der Waals surface area contributed by atoms with E-state index < -0.39 is 0 Å². The minimum Gasteiger partial charge on any atom is -0.453 e. The summed E-state index contributed by atoms with van der Waals surface area (Å²) in [5, 5.41) is 2.98. The van der Waals surface area contributed by atoms with Crippen LogP contribution in [0.2, 0.25) is 0 Å². The van der Waals surface area contributed by atoms with Crippen LogP contribution in [-0.4, -0.2) is 32.3 Å². The number of alkyl carbamates (subject to hydrolysis) is 1. The van der Waals surface area contributed by atoms with Crippen LogP contribution in [0.5, 0.6) is 0 Å². The fourth-order valence-electron chi connectivity index (χ4n) is 6.08. The summed E-state index contributed by atoms with van der Waals surface area (Å²) in [5.41, 5.74) is 5.88. The molecule has 2 unspecified atom stereocenters. The standard InChI is InChI=1S/C25H40N2O2/c1-17(2)11-14-27-21-16-18(3)15-19(4)23(21)25(12-13-26-24(28)29-6)20(5)9-7-8-10-22(25)27/h15-17,20,22H,7-14H2,1-6H3,(H,26,28)/t20?,22?,25-/m1/s1. The fraction of sp³-hybridized carbons (Fsp3) is 0.720. The Morgan fingerprint density at radius 3 is 2.69 bits per heavy atom. The number of aryl methyl sites for hydroxylation is 2. The zero-order valence-corrected chi connectivity index (χ0v) is 19.3. The molecule has 0 spiro atoms. The predicted molar refractivity (Wildman–Crippen MR) is 121 cm³/mol. The molecule has 0 aromatic heterocycles. The van der Waals surface area contributed by atoms with Gasteiger partial charge in [-0.2, -0.15) is 0 Å². The van der Waals surface area contributed by atoms with Crippen LogP contribution in [0.3, 0.4) is 0 Å². The van der Waals surface area contributed by atoms with Crippen LogP contribution in [0.4, 0.5) is 10.5 Å². The minimum absolute atomic E-state index is 0.0988. The number of nitrogens with zero attached hydrogens (tertiary/aromatic N) is 1. The maximum Gasteiger partial charge on any atom is 0.406 e. The molecule has 1 aromatic carbocycles. The normalized spacial score (nSPS) is 26.1. The Morgan fingerprint density at radius 2 is 2.00 bits per heavy atom. The Balaban J connectivity index is 2.07. The lowest BCUT2D eigenvalue weighted by Gasteiger charge is -2.43. The first kappa shape index (κ1) is 22.0. The van der Waals surface area contributed by atoms with E-state index in [1.807, 2.05) is 0 Å². The molecule has 1 N–H and O–H groups in total. The minimum atomic E-state index is -0.324. The number of nitrogens with one attached hydrogen (secondary N) is 1. The van der Waals surface area contributed by atoms with E-state index in [1.54, 1.807) is 5.56 Å². The molecule has 1 aromatic rings. The van der Waals surface area contributed by atoms with Crippen LogP contribution in [0.1, 0.15) is 76.0 Å². The van der Waals surface area contributed by atoms with Crippen molar-refractivity contribution >= 4 is 11.8 Å². The average Bonchev–Trinajstić information content (AvgIpc) is 2.82. The summed E-state index contributed by atoms with van der Waals surface area (Å²) in [6.07, 6.45) is 6.98. The highest BCUT2D eigenvalue weighted by Crippen LogP contribution is 2.56. The van der Waals surface area contributed by atoms with Crippen molar-refractivity contribution in [1.82, 2.24) is 5.32 Å². The average molecular weight is 401 g/mol. The smallest absolute Gasteiger partial charge is 0.406 e. The molecule has 1 heterocycles. The Labute approximate surface area is 177 Å². The number of anilines is 1. The lowest BCUT2D eigenvalue weighted by Crippen LogP contribution is -2.50. The van der Waals surface area contributed by atoms with Gasteiger partial charge in [0.1, 0.15) is 0 Å². The van der Waals surface area contributed by atoms with Gasteiger partial charge < -0.3 is 15.0 Å². The quantitative estimate of drug-likeness (QED) is 0.663. The molecule has 4 nitrogen and oxygen atoms in total. The van der Waals surface area contributed by atoms with E-state index in [0.717, 1.165) is 13.0 Å². The molecular formula is C25H40N2O2. The van der Waals surface area contributed by atoms with Crippen molar-refractivity contribution in [2.75, 3.05) is 25.1 Å². The maximum absolute atomic E-state index is 11.7. The number of fused-ring (bicyclic) bond motifs is 3. The van der Waals surface area contributed by atoms with Gasteiger partial charge in [-0.25, -0.2) is 4.79 Å². The lowest BCUT2D eigenvalue weighted by molar-refractivity contribution is 0.166. The predicted octanol–water partition coefficient (Wildman–Crippen LogP) is 5.73. The number of methoxy groups -OCH3 is 1. The highest BCUT2D eigenvalue weighted by Gasteiger charge is 2.54. The number of amides is 1. The van der Waals surface area contributed by atoms with Gasteiger partial charge >= 0.3 is 6.09 Å². The fourth-order valence-corrected chi connectivity index (χ4v) is 6.08. The third-order valence-electron chi connectivity index (χ3n) is 7.39. The van der Waals surface area contributed by atoms with Crippen LogP contribution in [0.15, 0.2) is 12.1 Å². The SMILES string of the molecule is COC(=O)NCC[C@]12c3c(C)cc(C)cc3N(CCC(C)C)C1CCCCC2C. The number of ether oxygens (including phenoxy) is 1. The van der Waals surface area contributed by atoms with Crippen LogP contribution < -0.4 is 10.2 Å². The molecule has 1 fully saturated rings. The van der Waals surface area contributed by atoms with E-state index in [2.05, 4.69) is 57.0 Å². The molecular weight excluding hydrogens is 360 g/mol. The van der Waals surface area contributed by atoms with E-state index in [0.29, 0.717) is 24.4 Å². The molecule has 1 amide bonds. The first-order valence-electron chi connectivity index (χ1n) is 11.5. The summed E-state index contributed by atoms with van der Waals surface area (Å²) < 4.78 is 4.83. The van der Waals surface area contributed by atoms with Gasteiger partial charge in [-0.1, -0.05) is 39.7 Å². The van der Waals surface area contributed by atoms with Crippen LogP contribution in [0, 0.1) is 25.7 Å². The second-order valence-corrected chi connectivity index (χ2v) is 9.76. The summed E-state index contributed by atoms with van der Waals surface area (Å²) in [6, 6.07) is 5.29. The van der Waals surface area contributed by atoms with Crippen LogP contribution in [-0.2, 0) is 10.2 Å². The van der Waals surface area contributed by atoms with E-state index in [-0.39, 0.29) is 11.5 Å². The van der Waals surface area contributed by atoms with Crippen molar-refractivity contribution in [2.45, 2.75) is 84.6 Å². The molecule has 3 rings (SSSR count). The second-order valence-electron chi connectivity index (χ2n) is 9.76. The highest BCUT2D eigenvalue weighted by molar-refractivity contribution is 5.69. The molecule has 0 bridgehead atoms. The highest BCUT2D eigenvalue weighted by atomic mass is 16.5. The number of carbonyl (C=O) groups is 1. The molecule has 29 heavy (non-hydrogen) atoms. The molecule has 3 atom stereocenters. The second kappa shape index (κ2) is 8.97. The van der Waals surface area contributed by atoms with E-state index in [9.17, 15) is 4.79 Å². The van der Waals surface area contributed by atoms with E-state index in [1.165, 1.54) is 56.0 Å². The van der Waals surface area contributed by atoms with Gasteiger partial charge in [0, 0.05) is 30.2 Å². The van der Waals surface area contributed by atoms with Crippen molar-refractivity contribution in [2.24, 2.45) is 11.8 Å². The summed E-state index contributed by atoms with van der Waals surface area (Å²) in [5.74, 6) is 1.29. The number of hydrogen-bond acceptors (Lipinski definition) is 3. The molecule has 1 aliphatic heterocycles. The molecule has 2 aliphatic rings. The zero-order chi connectivity index (χ0) is 21.2. The summed E-state index contributed by atoms with van der Waals surface area (Å²) >= 11 is 0. The first-order valence-corrected chi connectivity index (χ1v) is 11.5. The number of rotatable bonds is 6. The number of hydrogen-bond donors (Lipinski definition) is 1. The largest absolute Gasteiger partial charge is 0.453 e. The first-order chi connectivity index (χ1) is 13.8. The van der Waals surface area contributed by atoms with Crippen LogP contribution in [0.25, 0.3) is 0 Å². The molecule has 4 heteroatoms. The third-order valence-corrected chi connectivity index (χ3v) is 7.39. The van der Waals surface area contributed by atoms with Crippen molar-refractivity contribution in [1.29, 1.82) is 0 Å². The Bertz CT molecular complexity index is 730. The van der Waals surface area contributed by atoms with Gasteiger partial charge in [0.05, 0.1) is 7.11 Å². The lowest BCUT2D eigenvalue weighted by atomic mass is 9.64. The van der Waals surface area contributed by atoms with Gasteiger partial charge in [-0.05, 0) is 74.1 Å². The molecule has 162 valence electrons. The summed E-state index contributed by atoms with van der Waals surface area (Å²) in [7, 11) is 1.44. The number of carbonyl (C=O) groups excluding carboxylic acids is 1. The van der Waals surface area contributed by atoms with Gasteiger partial charge in [-0.15, -0.1) is 0 Å². The van der Waals surface area contributed by atoms with E-state index >= 15 is 0 Å². The Hall–Kier alpha value is -1.71. The van der Waals surface area contributed by atoms with Gasteiger partial charge in [0.15, 0.2) is 0 Å². The zero-order valence-electron chi connectivity index (χ0n) is 19.3. The van der Waals surface area contributed by atoms with Crippen molar-refractivity contribution in [3.63, 3.8) is 0 Å². The third kappa shape index (κ3) is 4.13. The van der Waals surface area contributed by atoms with Crippen molar-refractivity contribution in [3.05, 3.63) is 28.8 Å². The van der Waals surface area contributed by atoms with Gasteiger partial charge in [0.2, 0.25) is 0 Å². The molecule has 0 saturated heterocycles. The summed E-state index contributed by atoms with van der Waals surface area (Å²) in [6.45, 7) is 13.4. The Morgan fingerprint density at radius 1 is 1.28 bits per heavy atom. The molecule has 1 saturated carbocycles. The van der Waals surface area contributed by atoms with Crippen molar-refractivity contribution < 1.29 is 9.53 Å².